The summed E-state index contributed by atoms with van der Waals surface area (Å²) < 4.78 is 24.4. The lowest BCUT2D eigenvalue weighted by Crippen LogP contribution is -2.35. The second-order valence-electron chi connectivity index (χ2n) is 4.85. The van der Waals surface area contributed by atoms with Gasteiger partial charge in [0, 0.05) is 13.1 Å². The highest BCUT2D eigenvalue weighted by molar-refractivity contribution is 5.63. The maximum Gasteiger partial charge on any atom is 0.259 e. The molecule has 1 aromatic carbocycles. The number of nitrogens with zero attached hydrogens (tertiary/aromatic N) is 4. The highest BCUT2D eigenvalue weighted by Gasteiger charge is 2.25. The summed E-state index contributed by atoms with van der Waals surface area (Å²) in [5, 5.41) is 12.9. The highest BCUT2D eigenvalue weighted by Crippen LogP contribution is 2.26. The molecule has 0 aliphatic carbocycles. The number of hydrogen-bond donors (Lipinski definition) is 0. The van der Waals surface area contributed by atoms with Crippen LogP contribution in [0.15, 0.2) is 22.7 Å². The number of aromatic nitrogens is 2. The lowest BCUT2D eigenvalue weighted by Gasteiger charge is -2.27. The molecule has 1 aliphatic rings. The number of halogens is 1. The van der Waals surface area contributed by atoms with E-state index in [1.165, 1.54) is 12.1 Å². The van der Waals surface area contributed by atoms with Gasteiger partial charge in [-0.3, -0.25) is 0 Å². The summed E-state index contributed by atoms with van der Waals surface area (Å²) in [6.07, 6.45) is -0.277. The Bertz CT molecular complexity index is 695. The molecule has 2 aromatic rings. The normalized spacial score (nSPS) is 19.4. The van der Waals surface area contributed by atoms with E-state index in [1.54, 1.807) is 6.07 Å². The first-order chi connectivity index (χ1) is 10.2. The van der Waals surface area contributed by atoms with Crippen molar-refractivity contribution in [1.29, 1.82) is 5.26 Å². The van der Waals surface area contributed by atoms with Crippen molar-refractivity contribution < 1.29 is 13.7 Å². The van der Waals surface area contributed by atoms with Crippen LogP contribution >= 0.6 is 0 Å². The van der Waals surface area contributed by atoms with E-state index < -0.39 is 5.82 Å². The zero-order valence-electron chi connectivity index (χ0n) is 11.4. The summed E-state index contributed by atoms with van der Waals surface area (Å²) >= 11 is 0. The monoisotopic (exact) mass is 288 g/mol. The van der Waals surface area contributed by atoms with Crippen molar-refractivity contribution in [2.45, 2.75) is 6.10 Å². The SMILES string of the molecule is CN1CCOC(c2noc(-c3cccc(F)c3C#N)n2)C1. The van der Waals surface area contributed by atoms with E-state index in [0.29, 0.717) is 24.5 Å². The smallest absolute Gasteiger partial charge is 0.259 e. The first kappa shape index (κ1) is 13.7. The van der Waals surface area contributed by atoms with E-state index in [2.05, 4.69) is 15.0 Å². The fourth-order valence-corrected chi connectivity index (χ4v) is 2.23. The molecule has 0 saturated carbocycles. The van der Waals surface area contributed by atoms with Crippen molar-refractivity contribution in [3.63, 3.8) is 0 Å². The Morgan fingerprint density at radius 3 is 3.10 bits per heavy atom. The van der Waals surface area contributed by atoms with Gasteiger partial charge in [-0.15, -0.1) is 0 Å². The molecule has 2 heterocycles. The number of ether oxygens (including phenoxy) is 1. The van der Waals surface area contributed by atoms with Gasteiger partial charge in [-0.05, 0) is 19.2 Å². The van der Waals surface area contributed by atoms with Gasteiger partial charge in [0.1, 0.15) is 23.6 Å². The molecule has 0 bridgehead atoms. The average Bonchev–Trinajstić information content (AvgIpc) is 2.96. The van der Waals surface area contributed by atoms with Crippen LogP contribution < -0.4 is 0 Å². The molecule has 3 rings (SSSR count). The Balaban J connectivity index is 1.92. The maximum absolute atomic E-state index is 13.6. The third kappa shape index (κ3) is 2.63. The van der Waals surface area contributed by atoms with Crippen LogP contribution in [-0.2, 0) is 4.74 Å². The molecule has 1 aromatic heterocycles. The van der Waals surface area contributed by atoms with Gasteiger partial charge >= 0.3 is 0 Å². The fraction of sp³-hybridized carbons (Fsp3) is 0.357. The van der Waals surface area contributed by atoms with Gasteiger partial charge in [0.25, 0.3) is 5.89 Å². The van der Waals surface area contributed by atoms with E-state index in [4.69, 9.17) is 14.5 Å². The Morgan fingerprint density at radius 2 is 2.33 bits per heavy atom. The minimum atomic E-state index is -0.608. The van der Waals surface area contributed by atoms with Crippen LogP contribution in [-0.4, -0.2) is 41.8 Å². The predicted octanol–water partition coefficient (Wildman–Crippen LogP) is 1.75. The molecule has 0 N–H and O–H groups in total. The van der Waals surface area contributed by atoms with E-state index in [9.17, 15) is 4.39 Å². The minimum Gasteiger partial charge on any atom is -0.367 e. The maximum atomic E-state index is 13.6. The number of morpholine rings is 1. The lowest BCUT2D eigenvalue weighted by atomic mass is 10.1. The van der Waals surface area contributed by atoms with E-state index in [1.807, 2.05) is 13.1 Å². The van der Waals surface area contributed by atoms with Crippen LogP contribution in [0.2, 0.25) is 0 Å². The zero-order valence-corrected chi connectivity index (χ0v) is 11.4. The van der Waals surface area contributed by atoms with Gasteiger partial charge in [0.15, 0.2) is 0 Å². The minimum absolute atomic E-state index is 0.102. The molecular formula is C14H13FN4O2. The molecule has 0 amide bonds. The second-order valence-corrected chi connectivity index (χ2v) is 4.85. The molecule has 108 valence electrons. The summed E-state index contributed by atoms with van der Waals surface area (Å²) in [5.41, 5.74) is 0.190. The van der Waals surface area contributed by atoms with Gasteiger partial charge in [-0.1, -0.05) is 11.2 Å². The third-order valence-electron chi connectivity index (χ3n) is 3.36. The van der Waals surface area contributed by atoms with Gasteiger partial charge in [0.05, 0.1) is 12.2 Å². The third-order valence-corrected chi connectivity index (χ3v) is 3.36. The van der Waals surface area contributed by atoms with Gasteiger partial charge in [-0.2, -0.15) is 10.2 Å². The zero-order chi connectivity index (χ0) is 14.8. The largest absolute Gasteiger partial charge is 0.367 e. The Hall–Kier alpha value is -2.30. The molecule has 1 unspecified atom stereocenters. The summed E-state index contributed by atoms with van der Waals surface area (Å²) in [4.78, 5) is 6.35. The summed E-state index contributed by atoms with van der Waals surface area (Å²) in [7, 11) is 1.98. The standard InChI is InChI=1S/C14H13FN4O2/c1-19-5-6-20-12(8-19)13-17-14(21-18-13)9-3-2-4-11(15)10(9)7-16/h2-4,12H,5-6,8H2,1H3. The molecular weight excluding hydrogens is 275 g/mol. The van der Waals surface area contributed by atoms with Crippen molar-refractivity contribution in [2.24, 2.45) is 0 Å². The Labute approximate surface area is 120 Å². The van der Waals surface area contributed by atoms with Crippen LogP contribution in [0, 0.1) is 17.1 Å². The Kier molecular flexibility index (Phi) is 3.64. The molecule has 0 spiro atoms. The van der Waals surface area contributed by atoms with Crippen LogP contribution in [0.5, 0.6) is 0 Å². The second kappa shape index (κ2) is 5.60. The number of hydrogen-bond acceptors (Lipinski definition) is 6. The van der Waals surface area contributed by atoms with Crippen molar-refractivity contribution in [3.05, 3.63) is 35.4 Å². The van der Waals surface area contributed by atoms with Crippen molar-refractivity contribution in [2.75, 3.05) is 26.7 Å². The molecule has 1 saturated heterocycles. The molecule has 1 fully saturated rings. The molecule has 7 heteroatoms. The average molecular weight is 288 g/mol. The molecule has 0 radical (unpaired) electrons. The van der Waals surface area contributed by atoms with E-state index >= 15 is 0 Å². The van der Waals surface area contributed by atoms with E-state index in [0.717, 1.165) is 6.54 Å². The van der Waals surface area contributed by atoms with Crippen LogP contribution in [0.4, 0.5) is 4.39 Å². The van der Waals surface area contributed by atoms with Gasteiger partial charge in [-0.25, -0.2) is 4.39 Å². The summed E-state index contributed by atoms with van der Waals surface area (Å²) in [6, 6.07) is 6.11. The Morgan fingerprint density at radius 1 is 1.48 bits per heavy atom. The number of nitriles is 1. The van der Waals surface area contributed by atoms with Crippen molar-refractivity contribution in [3.8, 4) is 17.5 Å². The van der Waals surface area contributed by atoms with Crippen molar-refractivity contribution in [1.82, 2.24) is 15.0 Å². The molecule has 1 aliphatic heterocycles. The quantitative estimate of drug-likeness (QED) is 0.838. The van der Waals surface area contributed by atoms with Gasteiger partial charge in [0.2, 0.25) is 5.82 Å². The first-order valence-corrected chi connectivity index (χ1v) is 6.52. The highest BCUT2D eigenvalue weighted by atomic mass is 19.1. The molecule has 1 atom stereocenters. The van der Waals surface area contributed by atoms with E-state index in [-0.39, 0.29) is 17.6 Å². The van der Waals surface area contributed by atoms with Crippen LogP contribution in [0.3, 0.4) is 0 Å². The number of benzene rings is 1. The fourth-order valence-electron chi connectivity index (χ4n) is 2.23. The molecule has 6 nitrogen and oxygen atoms in total. The van der Waals surface area contributed by atoms with Gasteiger partial charge < -0.3 is 14.2 Å². The predicted molar refractivity (Wildman–Crippen MR) is 70.6 cm³/mol. The summed E-state index contributed by atoms with van der Waals surface area (Å²) in [6.45, 7) is 2.10. The lowest BCUT2D eigenvalue weighted by molar-refractivity contribution is -0.0264. The number of likely N-dealkylation sites (N-methyl/N-ethyl adjacent to an activating group) is 1. The van der Waals surface area contributed by atoms with Crippen molar-refractivity contribution >= 4 is 0 Å². The summed E-state index contributed by atoms with van der Waals surface area (Å²) in [5.74, 6) is -0.0778. The first-order valence-electron chi connectivity index (χ1n) is 6.52. The topological polar surface area (TPSA) is 75.2 Å². The number of rotatable bonds is 2. The van der Waals surface area contributed by atoms with Crippen LogP contribution in [0.25, 0.3) is 11.5 Å². The molecule has 21 heavy (non-hydrogen) atoms. The van der Waals surface area contributed by atoms with Crippen LogP contribution in [0.1, 0.15) is 17.5 Å².